The van der Waals surface area contributed by atoms with Crippen molar-refractivity contribution in [3.05, 3.63) is 90.3 Å². The van der Waals surface area contributed by atoms with Crippen molar-refractivity contribution in [2.75, 3.05) is 0 Å². The van der Waals surface area contributed by atoms with Crippen LogP contribution in [0, 0.1) is 0 Å². The Balaban J connectivity index is 1.58. The third-order valence-electron chi connectivity index (χ3n) is 3.36. The Labute approximate surface area is 135 Å². The summed E-state index contributed by atoms with van der Waals surface area (Å²) in [6, 6.07) is 19.7. The van der Waals surface area contributed by atoms with E-state index >= 15 is 0 Å². The van der Waals surface area contributed by atoms with Crippen LogP contribution in [0.5, 0.6) is 0 Å². The van der Waals surface area contributed by atoms with Gasteiger partial charge >= 0.3 is 0 Å². The molecule has 0 radical (unpaired) electrons. The van der Waals surface area contributed by atoms with Gasteiger partial charge < -0.3 is 5.32 Å². The number of hydrogen-bond acceptors (Lipinski definition) is 2. The van der Waals surface area contributed by atoms with E-state index in [2.05, 4.69) is 10.4 Å². The van der Waals surface area contributed by atoms with Crippen LogP contribution in [-0.2, 0) is 11.3 Å². The average molecular weight is 303 g/mol. The van der Waals surface area contributed by atoms with Crippen molar-refractivity contribution >= 4 is 12.0 Å². The van der Waals surface area contributed by atoms with Crippen LogP contribution in [-0.4, -0.2) is 15.7 Å². The fraction of sp³-hybridized carbons (Fsp3) is 0.0526. The van der Waals surface area contributed by atoms with Gasteiger partial charge in [0.25, 0.3) is 0 Å². The van der Waals surface area contributed by atoms with Crippen LogP contribution in [0.15, 0.2) is 79.1 Å². The van der Waals surface area contributed by atoms with Gasteiger partial charge in [-0.2, -0.15) is 5.10 Å². The van der Waals surface area contributed by atoms with E-state index in [0.717, 1.165) is 16.8 Å². The van der Waals surface area contributed by atoms with Crippen molar-refractivity contribution in [1.29, 1.82) is 0 Å². The van der Waals surface area contributed by atoms with Gasteiger partial charge in [0.1, 0.15) is 0 Å². The standard InChI is InChI=1S/C19H17N3O/c23-19(20-13-16-7-3-1-4-8-16)12-11-17-14-21-22(15-17)18-9-5-2-6-10-18/h1-12,14-15H,13H2,(H,20,23). The topological polar surface area (TPSA) is 46.9 Å². The van der Waals surface area contributed by atoms with E-state index in [-0.39, 0.29) is 5.91 Å². The molecule has 0 spiro atoms. The molecule has 114 valence electrons. The lowest BCUT2D eigenvalue weighted by molar-refractivity contribution is -0.116. The summed E-state index contributed by atoms with van der Waals surface area (Å²) in [5.41, 5.74) is 2.94. The molecule has 0 unspecified atom stereocenters. The number of carbonyl (C=O) groups excluding carboxylic acids is 1. The Hall–Kier alpha value is -3.14. The highest BCUT2D eigenvalue weighted by Gasteiger charge is 1.99. The molecule has 0 aliphatic rings. The minimum absolute atomic E-state index is 0.124. The molecule has 0 saturated heterocycles. The lowest BCUT2D eigenvalue weighted by Crippen LogP contribution is -2.20. The first-order chi connectivity index (χ1) is 11.3. The van der Waals surface area contributed by atoms with Crippen molar-refractivity contribution in [1.82, 2.24) is 15.1 Å². The summed E-state index contributed by atoms with van der Waals surface area (Å²) < 4.78 is 1.78. The van der Waals surface area contributed by atoms with Crippen LogP contribution in [0.25, 0.3) is 11.8 Å². The molecule has 0 saturated carbocycles. The Morgan fingerprint density at radius 3 is 2.48 bits per heavy atom. The van der Waals surface area contributed by atoms with Gasteiger partial charge in [0.05, 0.1) is 11.9 Å². The maximum absolute atomic E-state index is 11.8. The molecule has 0 atom stereocenters. The molecule has 1 heterocycles. The second-order valence-corrected chi connectivity index (χ2v) is 5.09. The van der Waals surface area contributed by atoms with Crippen LogP contribution in [0.3, 0.4) is 0 Å². The van der Waals surface area contributed by atoms with Gasteiger partial charge in [0, 0.05) is 24.4 Å². The molecule has 3 rings (SSSR count). The zero-order valence-electron chi connectivity index (χ0n) is 12.6. The molecule has 1 aromatic heterocycles. The molecule has 2 aromatic carbocycles. The summed E-state index contributed by atoms with van der Waals surface area (Å²) >= 11 is 0. The molecular formula is C19H17N3O. The molecule has 1 amide bonds. The molecule has 4 nitrogen and oxygen atoms in total. The highest BCUT2D eigenvalue weighted by Crippen LogP contribution is 2.08. The van der Waals surface area contributed by atoms with Crippen molar-refractivity contribution in [2.24, 2.45) is 0 Å². The van der Waals surface area contributed by atoms with Gasteiger partial charge in [-0.15, -0.1) is 0 Å². The van der Waals surface area contributed by atoms with Crippen LogP contribution in [0.4, 0.5) is 0 Å². The SMILES string of the molecule is O=C(C=Cc1cnn(-c2ccccc2)c1)NCc1ccccc1. The van der Waals surface area contributed by atoms with Crippen LogP contribution in [0.2, 0.25) is 0 Å². The molecule has 0 fully saturated rings. The van der Waals surface area contributed by atoms with E-state index < -0.39 is 0 Å². The van der Waals surface area contributed by atoms with Gasteiger partial charge in [0.15, 0.2) is 0 Å². The number of para-hydroxylation sites is 1. The van der Waals surface area contributed by atoms with Crippen molar-refractivity contribution in [3.8, 4) is 5.69 Å². The summed E-state index contributed by atoms with van der Waals surface area (Å²) in [4.78, 5) is 11.8. The van der Waals surface area contributed by atoms with Crippen molar-refractivity contribution in [3.63, 3.8) is 0 Å². The smallest absolute Gasteiger partial charge is 0.244 e. The fourth-order valence-corrected chi connectivity index (χ4v) is 2.16. The molecule has 0 aliphatic carbocycles. The van der Waals surface area contributed by atoms with Gasteiger partial charge in [-0.05, 0) is 23.8 Å². The third kappa shape index (κ3) is 4.17. The molecule has 3 aromatic rings. The Bertz CT molecular complexity index is 792. The average Bonchev–Trinajstić information content (AvgIpc) is 3.09. The summed E-state index contributed by atoms with van der Waals surface area (Å²) in [5.74, 6) is -0.124. The second kappa shape index (κ2) is 7.22. The van der Waals surface area contributed by atoms with Crippen LogP contribution >= 0.6 is 0 Å². The van der Waals surface area contributed by atoms with E-state index in [1.54, 1.807) is 17.0 Å². The zero-order chi connectivity index (χ0) is 15.9. The van der Waals surface area contributed by atoms with Gasteiger partial charge in [-0.1, -0.05) is 48.5 Å². The maximum Gasteiger partial charge on any atom is 0.244 e. The first kappa shape index (κ1) is 14.8. The van der Waals surface area contributed by atoms with E-state index in [1.165, 1.54) is 6.08 Å². The van der Waals surface area contributed by atoms with Gasteiger partial charge in [-0.25, -0.2) is 4.68 Å². The largest absolute Gasteiger partial charge is 0.348 e. The normalized spacial score (nSPS) is 10.8. The maximum atomic E-state index is 11.8. The number of aromatic nitrogens is 2. The minimum Gasteiger partial charge on any atom is -0.348 e. The number of benzene rings is 2. The second-order valence-electron chi connectivity index (χ2n) is 5.09. The lowest BCUT2D eigenvalue weighted by atomic mass is 10.2. The highest BCUT2D eigenvalue weighted by molar-refractivity contribution is 5.91. The first-order valence-corrected chi connectivity index (χ1v) is 7.41. The quantitative estimate of drug-likeness (QED) is 0.736. The first-order valence-electron chi connectivity index (χ1n) is 7.41. The predicted molar refractivity (Wildman–Crippen MR) is 90.9 cm³/mol. The fourth-order valence-electron chi connectivity index (χ4n) is 2.16. The van der Waals surface area contributed by atoms with E-state index in [4.69, 9.17) is 0 Å². The Morgan fingerprint density at radius 2 is 1.74 bits per heavy atom. The number of nitrogens with one attached hydrogen (secondary N) is 1. The molecule has 4 heteroatoms. The highest BCUT2D eigenvalue weighted by atomic mass is 16.1. The lowest BCUT2D eigenvalue weighted by Gasteiger charge is -2.01. The summed E-state index contributed by atoms with van der Waals surface area (Å²) in [6.45, 7) is 0.521. The predicted octanol–water partition coefficient (Wildman–Crippen LogP) is 3.20. The number of hydrogen-bond donors (Lipinski definition) is 1. The molecule has 0 aliphatic heterocycles. The van der Waals surface area contributed by atoms with Gasteiger partial charge in [-0.3, -0.25) is 4.79 Å². The number of nitrogens with zero attached hydrogens (tertiary/aromatic N) is 2. The van der Waals surface area contributed by atoms with Crippen LogP contribution in [0.1, 0.15) is 11.1 Å². The molecule has 1 N–H and O–H groups in total. The Morgan fingerprint density at radius 1 is 1.04 bits per heavy atom. The van der Waals surface area contributed by atoms with Crippen molar-refractivity contribution in [2.45, 2.75) is 6.54 Å². The molecule has 0 bridgehead atoms. The minimum atomic E-state index is -0.124. The number of carbonyl (C=O) groups is 1. The van der Waals surface area contributed by atoms with E-state index in [0.29, 0.717) is 6.54 Å². The van der Waals surface area contributed by atoms with E-state index in [1.807, 2.05) is 66.9 Å². The summed E-state index contributed by atoms with van der Waals surface area (Å²) in [7, 11) is 0. The summed E-state index contributed by atoms with van der Waals surface area (Å²) in [6.07, 6.45) is 6.90. The van der Waals surface area contributed by atoms with Gasteiger partial charge in [0.2, 0.25) is 5.91 Å². The monoisotopic (exact) mass is 303 g/mol. The molecular weight excluding hydrogens is 286 g/mol. The van der Waals surface area contributed by atoms with Crippen LogP contribution < -0.4 is 5.32 Å². The molecule has 23 heavy (non-hydrogen) atoms. The van der Waals surface area contributed by atoms with E-state index in [9.17, 15) is 4.79 Å². The van der Waals surface area contributed by atoms with Crippen molar-refractivity contribution < 1.29 is 4.79 Å². The Kier molecular flexibility index (Phi) is 4.64. The number of rotatable bonds is 5. The number of amides is 1. The third-order valence-corrected chi connectivity index (χ3v) is 3.36. The zero-order valence-corrected chi connectivity index (χ0v) is 12.6. The summed E-state index contributed by atoms with van der Waals surface area (Å²) in [5, 5.41) is 7.15.